The second-order valence-corrected chi connectivity index (χ2v) is 4.29. The number of nitrogens with zero attached hydrogens (tertiary/aromatic N) is 1. The minimum absolute atomic E-state index is 0.0464. The maximum absolute atomic E-state index is 11.5. The number of carbonyl (C=O) groups excluding carboxylic acids is 2. The van der Waals surface area contributed by atoms with Crippen molar-refractivity contribution in [3.8, 4) is 5.75 Å². The summed E-state index contributed by atoms with van der Waals surface area (Å²) < 4.78 is 4.97. The third-order valence-corrected chi connectivity index (χ3v) is 2.67. The molecular weight excluding hydrogens is 294 g/mol. The summed E-state index contributed by atoms with van der Waals surface area (Å²) in [6.07, 6.45) is -0.199. The van der Waals surface area contributed by atoms with E-state index >= 15 is 0 Å². The van der Waals surface area contributed by atoms with Gasteiger partial charge in [0, 0.05) is 12.0 Å². The quantitative estimate of drug-likeness (QED) is 0.172. The number of ether oxygens (including phenoxy) is 1. The molecule has 1 aromatic carbocycles. The number of carboxylic acid groups (broad SMARTS) is 1. The number of carboxylic acids is 1. The fourth-order valence-electron chi connectivity index (χ4n) is 1.51. The molecule has 22 heavy (non-hydrogen) atoms. The van der Waals surface area contributed by atoms with E-state index in [0.29, 0.717) is 0 Å². The molecular formula is C13H15N3O6. The average Bonchev–Trinajstić information content (AvgIpc) is 2.46. The second kappa shape index (κ2) is 7.74. The lowest BCUT2D eigenvalue weighted by Crippen LogP contribution is -2.31. The summed E-state index contributed by atoms with van der Waals surface area (Å²) >= 11 is 0. The first-order valence-electron chi connectivity index (χ1n) is 6.16. The lowest BCUT2D eigenvalue weighted by Gasteiger charge is -2.07. The summed E-state index contributed by atoms with van der Waals surface area (Å²) in [7, 11) is 0. The van der Waals surface area contributed by atoms with Crippen LogP contribution in [0.4, 0.5) is 0 Å². The van der Waals surface area contributed by atoms with Crippen LogP contribution in [0.2, 0.25) is 0 Å². The van der Waals surface area contributed by atoms with E-state index in [9.17, 15) is 14.4 Å². The predicted octanol–water partition coefficient (Wildman–Crippen LogP) is -0.552. The number of esters is 1. The van der Waals surface area contributed by atoms with E-state index in [1.54, 1.807) is 0 Å². The number of benzene rings is 1. The van der Waals surface area contributed by atoms with E-state index in [-0.39, 0.29) is 29.9 Å². The van der Waals surface area contributed by atoms with Gasteiger partial charge in [-0.25, -0.2) is 0 Å². The highest BCUT2D eigenvalue weighted by Gasteiger charge is 2.15. The SMILES string of the molecule is NC(=O)C(=NO)c1ccc(OC(=O)CC[C@H](N)C(=O)O)cc1. The summed E-state index contributed by atoms with van der Waals surface area (Å²) in [6.45, 7) is 0. The van der Waals surface area contributed by atoms with Crippen molar-refractivity contribution in [2.24, 2.45) is 16.6 Å². The minimum Gasteiger partial charge on any atom is -0.480 e. The Balaban J connectivity index is 2.63. The number of hydrogen-bond acceptors (Lipinski definition) is 7. The number of carbonyl (C=O) groups is 3. The van der Waals surface area contributed by atoms with Crippen LogP contribution in [0, 0.1) is 0 Å². The molecule has 118 valence electrons. The topological polar surface area (TPSA) is 165 Å². The smallest absolute Gasteiger partial charge is 0.320 e. The van der Waals surface area contributed by atoms with Crippen LogP contribution in [-0.2, 0) is 14.4 Å². The van der Waals surface area contributed by atoms with E-state index in [4.69, 9.17) is 26.5 Å². The molecule has 1 rings (SSSR count). The summed E-state index contributed by atoms with van der Waals surface area (Å²) in [4.78, 5) is 33.0. The molecule has 0 aromatic heterocycles. The summed E-state index contributed by atoms with van der Waals surface area (Å²) in [5.41, 5.74) is 10.2. The van der Waals surface area contributed by atoms with Crippen molar-refractivity contribution >= 4 is 23.6 Å². The van der Waals surface area contributed by atoms with Gasteiger partial charge in [-0.2, -0.15) is 0 Å². The third-order valence-electron chi connectivity index (χ3n) is 2.67. The van der Waals surface area contributed by atoms with Crippen LogP contribution in [0.15, 0.2) is 29.4 Å². The largest absolute Gasteiger partial charge is 0.480 e. The normalized spacial score (nSPS) is 12.5. The molecule has 0 fully saturated rings. The molecule has 0 heterocycles. The zero-order chi connectivity index (χ0) is 16.7. The fourth-order valence-corrected chi connectivity index (χ4v) is 1.51. The van der Waals surface area contributed by atoms with Gasteiger partial charge < -0.3 is 26.5 Å². The van der Waals surface area contributed by atoms with E-state index in [0.717, 1.165) is 0 Å². The first kappa shape index (κ1) is 17.1. The Morgan fingerprint density at radius 2 is 1.82 bits per heavy atom. The Labute approximate surface area is 125 Å². The number of amides is 1. The Morgan fingerprint density at radius 3 is 2.27 bits per heavy atom. The van der Waals surface area contributed by atoms with Crippen LogP contribution < -0.4 is 16.2 Å². The molecule has 9 nitrogen and oxygen atoms in total. The van der Waals surface area contributed by atoms with Crippen molar-refractivity contribution in [3.05, 3.63) is 29.8 Å². The minimum atomic E-state index is -1.19. The molecule has 6 N–H and O–H groups in total. The number of hydrogen-bond donors (Lipinski definition) is 4. The van der Waals surface area contributed by atoms with E-state index in [1.165, 1.54) is 24.3 Å². The summed E-state index contributed by atoms with van der Waals surface area (Å²) in [5, 5.41) is 20.0. The van der Waals surface area contributed by atoms with Crippen molar-refractivity contribution in [2.75, 3.05) is 0 Å². The van der Waals surface area contributed by atoms with Crippen LogP contribution in [-0.4, -0.2) is 39.9 Å². The van der Waals surface area contributed by atoms with Gasteiger partial charge in [-0.15, -0.1) is 0 Å². The number of nitrogens with two attached hydrogens (primary N) is 2. The fraction of sp³-hybridized carbons (Fsp3) is 0.231. The van der Waals surface area contributed by atoms with Gasteiger partial charge in [0.2, 0.25) is 0 Å². The van der Waals surface area contributed by atoms with E-state index in [2.05, 4.69) is 5.16 Å². The standard InChI is InChI=1S/C13H15N3O6/c14-9(13(19)20)5-6-10(17)22-8-3-1-7(2-4-8)11(16-21)12(15)18/h1-4,9,21H,5-6,14H2,(H2,15,18)(H,19,20)/t9-/m0/s1. The molecule has 0 spiro atoms. The first-order chi connectivity index (χ1) is 10.3. The Bertz CT molecular complexity index is 596. The van der Waals surface area contributed by atoms with Crippen LogP contribution in [0.5, 0.6) is 5.75 Å². The van der Waals surface area contributed by atoms with Crippen LogP contribution in [0.3, 0.4) is 0 Å². The van der Waals surface area contributed by atoms with Gasteiger partial charge in [0.05, 0.1) is 0 Å². The molecule has 0 aliphatic carbocycles. The Kier molecular flexibility index (Phi) is 6.02. The summed E-state index contributed by atoms with van der Waals surface area (Å²) in [6, 6.07) is 4.38. The first-order valence-corrected chi connectivity index (χ1v) is 6.16. The molecule has 0 saturated heterocycles. The number of primary amides is 1. The highest BCUT2D eigenvalue weighted by Crippen LogP contribution is 2.14. The van der Waals surface area contributed by atoms with Crippen LogP contribution in [0.25, 0.3) is 0 Å². The molecule has 0 radical (unpaired) electrons. The monoisotopic (exact) mass is 309 g/mol. The second-order valence-electron chi connectivity index (χ2n) is 4.29. The highest BCUT2D eigenvalue weighted by molar-refractivity contribution is 6.44. The number of rotatable bonds is 7. The van der Waals surface area contributed by atoms with Crippen LogP contribution >= 0.6 is 0 Å². The zero-order valence-electron chi connectivity index (χ0n) is 11.4. The highest BCUT2D eigenvalue weighted by atomic mass is 16.5. The number of aliphatic carboxylic acids is 1. The lowest BCUT2D eigenvalue weighted by atomic mass is 10.1. The van der Waals surface area contributed by atoms with Gasteiger partial charge >= 0.3 is 11.9 Å². The van der Waals surface area contributed by atoms with Crippen molar-refractivity contribution in [3.63, 3.8) is 0 Å². The number of oxime groups is 1. The zero-order valence-corrected chi connectivity index (χ0v) is 11.4. The summed E-state index contributed by atoms with van der Waals surface area (Å²) in [5.74, 6) is -2.57. The van der Waals surface area contributed by atoms with Gasteiger partial charge in [-0.3, -0.25) is 14.4 Å². The maximum Gasteiger partial charge on any atom is 0.320 e. The molecule has 0 bridgehead atoms. The van der Waals surface area contributed by atoms with Gasteiger partial charge in [0.15, 0.2) is 5.71 Å². The van der Waals surface area contributed by atoms with Gasteiger partial charge in [-0.05, 0) is 30.7 Å². The van der Waals surface area contributed by atoms with Gasteiger partial charge in [0.1, 0.15) is 11.8 Å². The molecule has 1 aromatic rings. The molecule has 0 saturated carbocycles. The van der Waals surface area contributed by atoms with Crippen molar-refractivity contribution < 1.29 is 29.4 Å². The lowest BCUT2D eigenvalue weighted by molar-refractivity contribution is -0.139. The van der Waals surface area contributed by atoms with Gasteiger partial charge in [-0.1, -0.05) is 5.16 Å². The predicted molar refractivity (Wildman–Crippen MR) is 74.4 cm³/mol. The molecule has 9 heteroatoms. The molecule has 1 atom stereocenters. The van der Waals surface area contributed by atoms with Crippen molar-refractivity contribution in [2.45, 2.75) is 18.9 Å². The van der Waals surface area contributed by atoms with Crippen molar-refractivity contribution in [1.82, 2.24) is 0 Å². The maximum atomic E-state index is 11.5. The average molecular weight is 309 g/mol. The van der Waals surface area contributed by atoms with Crippen molar-refractivity contribution in [1.29, 1.82) is 0 Å². The third kappa shape index (κ3) is 4.87. The van der Waals surface area contributed by atoms with E-state index < -0.39 is 23.9 Å². The van der Waals surface area contributed by atoms with Crippen LogP contribution in [0.1, 0.15) is 18.4 Å². The molecule has 0 unspecified atom stereocenters. The van der Waals surface area contributed by atoms with Gasteiger partial charge in [0.25, 0.3) is 5.91 Å². The molecule has 0 aliphatic rings. The Morgan fingerprint density at radius 1 is 1.23 bits per heavy atom. The Hall–Kier alpha value is -2.94. The molecule has 0 aliphatic heterocycles. The van der Waals surface area contributed by atoms with E-state index in [1.807, 2.05) is 0 Å². The molecule has 1 amide bonds.